The van der Waals surface area contributed by atoms with Gasteiger partial charge in [0.2, 0.25) is 0 Å². The van der Waals surface area contributed by atoms with Crippen LogP contribution in [0.25, 0.3) is 0 Å². The molecule has 14 nitrogen and oxygen atoms in total. The largest absolute Gasteiger partial charge is 0.492 e. The van der Waals surface area contributed by atoms with E-state index in [-0.39, 0.29) is 0 Å². The van der Waals surface area contributed by atoms with Crippen molar-refractivity contribution in [3.05, 3.63) is 303 Å². The third-order valence-electron chi connectivity index (χ3n) is 24.3. The normalized spacial score (nSPS) is 13.1. The Kier molecular flexibility index (Phi) is 26.5. The number of hydrogen-bond acceptors (Lipinski definition) is 14. The van der Waals surface area contributed by atoms with Gasteiger partial charge in [-0.05, 0) is 190 Å². The number of nitrogens with one attached hydrogen (secondary N) is 2. The Morgan fingerprint density at radius 3 is 0.437 bits per heavy atom. The summed E-state index contributed by atoms with van der Waals surface area (Å²) < 4.78 is 50.5. The van der Waals surface area contributed by atoms with Crippen LogP contribution in [0.2, 0.25) is 0 Å². The zero-order valence-corrected chi connectivity index (χ0v) is 80.1. The Labute approximate surface area is 752 Å². The molecule has 1 aliphatic heterocycles. The summed E-state index contributed by atoms with van der Waals surface area (Å²) >= 11 is 0. The van der Waals surface area contributed by atoms with Crippen molar-refractivity contribution in [1.82, 2.24) is 0 Å². The van der Waals surface area contributed by atoms with Crippen molar-refractivity contribution in [2.45, 2.75) is 216 Å². The van der Waals surface area contributed by atoms with Gasteiger partial charge in [0.15, 0.2) is 40.2 Å². The molecule has 0 aromatic heterocycles. The van der Waals surface area contributed by atoms with Crippen molar-refractivity contribution in [2.75, 3.05) is 84.9 Å². The van der Waals surface area contributed by atoms with Gasteiger partial charge in [0.25, 0.3) is 0 Å². The minimum absolute atomic E-state index is 0.394. The van der Waals surface area contributed by atoms with Gasteiger partial charge < -0.3 is 68.3 Å². The first-order chi connectivity index (χ1) is 59.6. The third kappa shape index (κ3) is 19.7. The summed E-state index contributed by atoms with van der Waals surface area (Å²) in [5.74, 6) is 4.32. The van der Waals surface area contributed by atoms with Crippen molar-refractivity contribution in [2.24, 2.45) is 0 Å². The van der Waals surface area contributed by atoms with Crippen molar-refractivity contribution in [3.63, 3.8) is 0 Å². The van der Waals surface area contributed by atoms with E-state index in [0.29, 0.717) is 73.0 Å². The zero-order valence-electron chi connectivity index (χ0n) is 80.1. The molecule has 0 unspecified atom stereocenters. The lowest BCUT2D eigenvalue weighted by Gasteiger charge is -2.38. The average Bonchev–Trinajstić information content (AvgIpc) is 0.738. The summed E-state index contributed by atoms with van der Waals surface area (Å²) in [6.07, 6.45) is 0. The fourth-order valence-corrected chi connectivity index (χ4v) is 16.8. The number of ether oxygens (including phenoxy) is 7. The van der Waals surface area contributed by atoms with Crippen molar-refractivity contribution < 1.29 is 33.2 Å². The maximum Gasteiger partial charge on any atom is 0.166 e. The molecule has 0 radical (unpaired) electrons. The molecule has 12 aromatic rings. The molecule has 1 aliphatic rings. The molecule has 0 saturated heterocycles. The van der Waals surface area contributed by atoms with Crippen molar-refractivity contribution in [3.8, 4) is 40.2 Å². The second-order valence-corrected chi connectivity index (χ2v) is 40.8. The number of anilines is 14. The number of nitrogens with zero attached hydrogens (tertiary/aromatic N) is 5. The maximum atomic E-state index is 7.37. The van der Waals surface area contributed by atoms with Crippen LogP contribution in [0.5, 0.6) is 40.2 Å². The van der Waals surface area contributed by atoms with E-state index >= 15 is 0 Å². The topological polar surface area (TPSA) is 105 Å². The van der Waals surface area contributed by atoms with Gasteiger partial charge in [0, 0.05) is 32.7 Å². The van der Waals surface area contributed by atoms with Gasteiger partial charge in [-0.1, -0.05) is 297 Å². The van der Waals surface area contributed by atoms with Crippen LogP contribution >= 0.6 is 0 Å². The van der Waals surface area contributed by atoms with E-state index in [1.165, 1.54) is 0 Å². The third-order valence-corrected chi connectivity index (χ3v) is 24.3. The smallest absolute Gasteiger partial charge is 0.166 e. The molecule has 0 fully saturated rings. The van der Waals surface area contributed by atoms with Crippen LogP contribution in [-0.2, 0) is 70.6 Å². The number of methoxy groups -OCH3 is 7. The predicted octanol–water partition coefficient (Wildman–Crippen LogP) is 29.3. The SMILES string of the molecule is COc1c2cc(C(C)(C)C)cc1N(Cc1ccccc1)c1cc(C(C)(C)C)cc(c1OC)Nc1cc(C(C)(C)C)cc(c1OC)N(Cc1ccccc1)c1cc(C(C)(C)C)cc(c1OC)N(Cc1ccccc1)c1cc(C(C)(C)C)cc(c1OC)N(Cc1ccccc1)c1cc(C(C)(C)C)cc(c1OC)N(Cc1ccccc1)c1cc(C(C)(C)C)cc(c1OC)N2. The molecule has 1 heterocycles. The molecule has 0 spiro atoms. The standard InChI is InChI=1S/C112H135N7O7/c1-106(2,3)78-54-85-99(120-22)89(58-78)115(68-73-44-34-29-35-45-73)90-59-79(107(4,5)6)55-86(100(90)121-23)114-88-57-81(109(10,11)12)61-92(102(88)123-25)117(70-75-48-38-31-39-49-75)94-63-83(111(16,17)18)65-96(104(94)125-27)119(72-77-52-42-33-43-53-77)98-67-84(112(19,20)21)66-97(105(98)126-28)118(71-76-50-40-32-41-51-76)95-64-82(110(13,14)15)62-93(103(95)124-26)116(69-74-46-36-30-37-47-74)91-60-80(108(7,8)9)56-87(113-85)101(91)122-24/h29-67,113-114H,68-72H2,1-28H3. The molecule has 126 heavy (non-hydrogen) atoms. The van der Waals surface area contributed by atoms with Gasteiger partial charge in [-0.25, -0.2) is 0 Å². The molecule has 14 heteroatoms. The number of benzene rings is 12. The highest BCUT2D eigenvalue weighted by molar-refractivity contribution is 5.95. The van der Waals surface area contributed by atoms with Crippen LogP contribution in [0.15, 0.2) is 237 Å². The molecule has 660 valence electrons. The van der Waals surface area contributed by atoms with Crippen LogP contribution in [-0.4, -0.2) is 49.8 Å². The van der Waals surface area contributed by atoms with Gasteiger partial charge in [-0.15, -0.1) is 0 Å². The summed E-state index contributed by atoms with van der Waals surface area (Å²) in [5.41, 5.74) is 20.9. The number of hydrogen-bond donors (Lipinski definition) is 2. The van der Waals surface area contributed by atoms with Gasteiger partial charge >= 0.3 is 0 Å². The van der Waals surface area contributed by atoms with E-state index in [1.54, 1.807) is 28.4 Å². The summed E-state index contributed by atoms with van der Waals surface area (Å²) in [6, 6.07) is 86.0. The summed E-state index contributed by atoms with van der Waals surface area (Å²) in [6.45, 7) is 50.0. The van der Waals surface area contributed by atoms with E-state index in [4.69, 9.17) is 33.2 Å². The van der Waals surface area contributed by atoms with Crippen LogP contribution < -0.4 is 68.3 Å². The molecule has 0 aliphatic carbocycles. The van der Waals surface area contributed by atoms with Crippen molar-refractivity contribution >= 4 is 79.6 Å². The molecule has 12 aromatic carbocycles. The average molecular weight is 1690 g/mol. The second kappa shape index (κ2) is 36.4. The highest BCUT2D eigenvalue weighted by atomic mass is 16.5. The lowest BCUT2D eigenvalue weighted by Crippen LogP contribution is -2.26. The second-order valence-electron chi connectivity index (χ2n) is 40.8. The van der Waals surface area contributed by atoms with E-state index in [9.17, 15) is 0 Å². The highest BCUT2D eigenvalue weighted by Gasteiger charge is 2.39. The molecule has 0 atom stereocenters. The van der Waals surface area contributed by atoms with E-state index in [0.717, 1.165) is 146 Å². The monoisotopic (exact) mass is 1690 g/mol. The molecular formula is C112H135N7O7. The minimum Gasteiger partial charge on any atom is -0.492 e. The van der Waals surface area contributed by atoms with Gasteiger partial charge in [0.1, 0.15) is 0 Å². The molecular weight excluding hydrogens is 1560 g/mol. The first-order valence-corrected chi connectivity index (χ1v) is 44.3. The lowest BCUT2D eigenvalue weighted by molar-refractivity contribution is 0.408. The predicted molar refractivity (Wildman–Crippen MR) is 530 cm³/mol. The van der Waals surface area contributed by atoms with Crippen LogP contribution in [0, 0.1) is 0 Å². The summed E-state index contributed by atoms with van der Waals surface area (Å²) in [5, 5.41) is 8.32. The Balaban J connectivity index is 1.28. The molecule has 2 N–H and O–H groups in total. The van der Waals surface area contributed by atoms with Crippen LogP contribution in [0.3, 0.4) is 0 Å². The molecule has 14 bridgehead atoms. The quantitative estimate of drug-likeness (QED) is 0.0904. The first kappa shape index (κ1) is 91.5. The summed E-state index contributed by atoms with van der Waals surface area (Å²) in [7, 11) is 12.6. The van der Waals surface area contributed by atoms with Gasteiger partial charge in [-0.3, -0.25) is 0 Å². The zero-order chi connectivity index (χ0) is 90.9. The van der Waals surface area contributed by atoms with Crippen LogP contribution in [0.1, 0.15) is 212 Å². The lowest BCUT2D eigenvalue weighted by atomic mass is 9.84. The fourth-order valence-electron chi connectivity index (χ4n) is 16.8. The highest BCUT2D eigenvalue weighted by Crippen LogP contribution is 2.59. The van der Waals surface area contributed by atoms with Crippen LogP contribution in [0.4, 0.5) is 79.6 Å². The Morgan fingerprint density at radius 2 is 0.310 bits per heavy atom. The minimum atomic E-state index is -0.448. The molecule has 0 saturated carbocycles. The fraction of sp³-hybridized carbons (Fsp3) is 0.357. The number of fused-ring (bicyclic) bond motifs is 14. The molecule has 0 amide bonds. The Hall–Kier alpha value is -12.2. The molecule has 13 rings (SSSR count). The van der Waals surface area contributed by atoms with E-state index in [1.807, 2.05) is 21.3 Å². The first-order valence-electron chi connectivity index (χ1n) is 44.3. The maximum absolute atomic E-state index is 7.37. The Morgan fingerprint density at radius 1 is 0.183 bits per heavy atom. The van der Waals surface area contributed by atoms with Gasteiger partial charge in [0.05, 0.1) is 129 Å². The van der Waals surface area contributed by atoms with Crippen molar-refractivity contribution in [1.29, 1.82) is 0 Å². The van der Waals surface area contributed by atoms with E-state index < -0.39 is 37.9 Å². The van der Waals surface area contributed by atoms with E-state index in [2.05, 4.69) is 417 Å². The van der Waals surface area contributed by atoms with Gasteiger partial charge in [-0.2, -0.15) is 0 Å². The Bertz CT molecular complexity index is 5500. The summed E-state index contributed by atoms with van der Waals surface area (Å²) in [4.78, 5) is 12.1. The number of rotatable bonds is 17.